The van der Waals surface area contributed by atoms with Gasteiger partial charge in [-0.2, -0.15) is 4.98 Å². The molecule has 4 nitrogen and oxygen atoms in total. The highest BCUT2D eigenvalue weighted by Crippen LogP contribution is 2.29. The first kappa shape index (κ1) is 12.4. The van der Waals surface area contributed by atoms with Crippen molar-refractivity contribution in [2.75, 3.05) is 5.32 Å². The van der Waals surface area contributed by atoms with Crippen LogP contribution in [-0.4, -0.2) is 10.1 Å². The predicted octanol–water partition coefficient (Wildman–Crippen LogP) is 4.17. The van der Waals surface area contributed by atoms with Gasteiger partial charge in [-0.05, 0) is 40.2 Å². The highest BCUT2D eigenvalue weighted by Gasteiger charge is 2.10. The van der Waals surface area contributed by atoms with Gasteiger partial charge in [0.1, 0.15) is 0 Å². The smallest absolute Gasteiger partial charge is 0.246 e. The molecule has 0 saturated heterocycles. The first-order valence-electron chi connectivity index (χ1n) is 5.68. The Hall–Kier alpha value is -1.66. The van der Waals surface area contributed by atoms with Crippen molar-refractivity contribution >= 4 is 33.0 Å². The van der Waals surface area contributed by atoms with Crippen molar-refractivity contribution in [3.63, 3.8) is 0 Å². The second-order valence-corrected chi connectivity index (χ2v) is 6.30. The molecule has 0 bridgehead atoms. The molecule has 0 aliphatic carbocycles. The van der Waals surface area contributed by atoms with Crippen LogP contribution in [0.5, 0.6) is 0 Å². The Labute approximate surface area is 122 Å². The Balaban J connectivity index is 1.68. The van der Waals surface area contributed by atoms with E-state index in [9.17, 15) is 0 Å². The first-order valence-corrected chi connectivity index (χ1v) is 7.29. The number of thiophene rings is 1. The fourth-order valence-electron chi connectivity index (χ4n) is 1.59. The third-order valence-corrected chi connectivity index (χ3v) is 4.10. The Morgan fingerprint density at radius 1 is 1.16 bits per heavy atom. The van der Waals surface area contributed by atoms with Crippen LogP contribution in [0.15, 0.2) is 50.8 Å². The Kier molecular flexibility index (Phi) is 3.61. The van der Waals surface area contributed by atoms with Crippen LogP contribution in [0, 0.1) is 0 Å². The molecule has 0 saturated carbocycles. The summed E-state index contributed by atoms with van der Waals surface area (Å²) in [6.07, 6.45) is 0. The molecule has 0 unspecified atom stereocenters. The molecule has 0 aliphatic heterocycles. The summed E-state index contributed by atoms with van der Waals surface area (Å²) in [7, 11) is 0. The zero-order valence-electron chi connectivity index (χ0n) is 9.84. The number of halogens is 1. The van der Waals surface area contributed by atoms with Crippen LogP contribution in [0.2, 0.25) is 0 Å². The topological polar surface area (TPSA) is 51.0 Å². The van der Waals surface area contributed by atoms with Gasteiger partial charge in [0.2, 0.25) is 11.7 Å². The maximum absolute atomic E-state index is 5.22. The van der Waals surface area contributed by atoms with Crippen molar-refractivity contribution in [3.8, 4) is 10.7 Å². The Morgan fingerprint density at radius 2 is 2.00 bits per heavy atom. The zero-order chi connectivity index (χ0) is 13.1. The number of para-hydroxylation sites is 1. The zero-order valence-corrected chi connectivity index (χ0v) is 12.2. The number of rotatable bonds is 4. The largest absolute Gasteiger partial charge is 0.376 e. The summed E-state index contributed by atoms with van der Waals surface area (Å²) in [6.45, 7) is 0.517. The second-order valence-electron chi connectivity index (χ2n) is 3.84. The molecule has 19 heavy (non-hydrogen) atoms. The number of aromatic nitrogens is 2. The predicted molar refractivity (Wildman–Crippen MR) is 79.1 cm³/mol. The van der Waals surface area contributed by atoms with Crippen LogP contribution in [0.25, 0.3) is 10.7 Å². The van der Waals surface area contributed by atoms with Gasteiger partial charge in [-0.1, -0.05) is 23.4 Å². The number of hydrogen-bond acceptors (Lipinski definition) is 5. The molecule has 2 heterocycles. The van der Waals surface area contributed by atoms with E-state index >= 15 is 0 Å². The van der Waals surface area contributed by atoms with Crippen molar-refractivity contribution in [1.82, 2.24) is 10.1 Å². The molecule has 3 rings (SSSR count). The SMILES string of the molecule is Brc1ccc(-c2noc(CNc3ccccc3)n2)s1. The number of nitrogens with zero attached hydrogens (tertiary/aromatic N) is 2. The molecule has 3 aromatic rings. The molecule has 0 amide bonds. The molecule has 6 heteroatoms. The quantitative estimate of drug-likeness (QED) is 0.777. The van der Waals surface area contributed by atoms with Gasteiger partial charge in [-0.25, -0.2) is 0 Å². The molecular formula is C13H10BrN3OS. The molecular weight excluding hydrogens is 326 g/mol. The summed E-state index contributed by atoms with van der Waals surface area (Å²) in [5.41, 5.74) is 1.03. The first-order chi connectivity index (χ1) is 9.31. The number of nitrogens with one attached hydrogen (secondary N) is 1. The van der Waals surface area contributed by atoms with Crippen molar-refractivity contribution in [1.29, 1.82) is 0 Å². The van der Waals surface area contributed by atoms with Gasteiger partial charge in [0.25, 0.3) is 0 Å². The van der Waals surface area contributed by atoms with Crippen molar-refractivity contribution in [3.05, 3.63) is 52.1 Å². The van der Waals surface area contributed by atoms with Gasteiger partial charge < -0.3 is 9.84 Å². The minimum atomic E-state index is 0.517. The summed E-state index contributed by atoms with van der Waals surface area (Å²) in [6, 6.07) is 13.9. The third-order valence-electron chi connectivity index (χ3n) is 2.48. The highest BCUT2D eigenvalue weighted by molar-refractivity contribution is 9.11. The monoisotopic (exact) mass is 335 g/mol. The molecule has 0 spiro atoms. The van der Waals surface area contributed by atoms with E-state index in [0.29, 0.717) is 18.3 Å². The van der Waals surface area contributed by atoms with E-state index in [1.165, 1.54) is 0 Å². The van der Waals surface area contributed by atoms with Gasteiger partial charge in [0.15, 0.2) is 0 Å². The van der Waals surface area contributed by atoms with E-state index in [1.54, 1.807) is 11.3 Å². The van der Waals surface area contributed by atoms with E-state index in [-0.39, 0.29) is 0 Å². The van der Waals surface area contributed by atoms with E-state index in [1.807, 2.05) is 42.5 Å². The Morgan fingerprint density at radius 3 is 2.74 bits per heavy atom. The second kappa shape index (κ2) is 5.54. The van der Waals surface area contributed by atoms with Gasteiger partial charge in [-0.3, -0.25) is 0 Å². The standard InChI is InChI=1S/C13H10BrN3OS/c14-11-7-6-10(19-11)13-16-12(18-17-13)8-15-9-4-2-1-3-5-9/h1-7,15H,8H2. The maximum Gasteiger partial charge on any atom is 0.246 e. The molecule has 1 N–H and O–H groups in total. The van der Waals surface area contributed by atoms with E-state index < -0.39 is 0 Å². The normalized spacial score (nSPS) is 10.6. The summed E-state index contributed by atoms with van der Waals surface area (Å²) >= 11 is 5.00. The van der Waals surface area contributed by atoms with Crippen LogP contribution < -0.4 is 5.32 Å². The molecule has 96 valence electrons. The molecule has 0 radical (unpaired) electrons. The van der Waals surface area contributed by atoms with Gasteiger partial charge >= 0.3 is 0 Å². The number of anilines is 1. The van der Waals surface area contributed by atoms with Crippen LogP contribution >= 0.6 is 27.3 Å². The van der Waals surface area contributed by atoms with E-state index in [4.69, 9.17) is 4.52 Å². The molecule has 0 atom stereocenters. The summed E-state index contributed by atoms with van der Waals surface area (Å²) < 4.78 is 6.27. The lowest BCUT2D eigenvalue weighted by Crippen LogP contribution is -1.99. The number of benzene rings is 1. The fraction of sp³-hybridized carbons (Fsp3) is 0.0769. The lowest BCUT2D eigenvalue weighted by atomic mass is 10.3. The van der Waals surface area contributed by atoms with E-state index in [2.05, 4.69) is 31.4 Å². The lowest BCUT2D eigenvalue weighted by Gasteiger charge is -2.01. The van der Waals surface area contributed by atoms with Gasteiger partial charge in [0, 0.05) is 5.69 Å². The average molecular weight is 336 g/mol. The van der Waals surface area contributed by atoms with Crippen LogP contribution in [0.4, 0.5) is 5.69 Å². The minimum Gasteiger partial charge on any atom is -0.376 e. The van der Waals surface area contributed by atoms with E-state index in [0.717, 1.165) is 14.4 Å². The highest BCUT2D eigenvalue weighted by atomic mass is 79.9. The van der Waals surface area contributed by atoms with Crippen molar-refractivity contribution in [2.24, 2.45) is 0 Å². The summed E-state index contributed by atoms with van der Waals surface area (Å²) in [5, 5.41) is 7.20. The Bertz CT molecular complexity index is 665. The summed E-state index contributed by atoms with van der Waals surface area (Å²) in [5.74, 6) is 1.20. The van der Waals surface area contributed by atoms with Gasteiger partial charge in [0.05, 0.1) is 15.2 Å². The average Bonchev–Trinajstić information content (AvgIpc) is 3.06. The fourth-order valence-corrected chi connectivity index (χ4v) is 2.91. The number of hydrogen-bond donors (Lipinski definition) is 1. The molecule has 1 aromatic carbocycles. The van der Waals surface area contributed by atoms with Gasteiger partial charge in [-0.15, -0.1) is 11.3 Å². The van der Waals surface area contributed by atoms with Crippen molar-refractivity contribution in [2.45, 2.75) is 6.54 Å². The molecule has 0 aliphatic rings. The third kappa shape index (κ3) is 3.02. The van der Waals surface area contributed by atoms with Crippen LogP contribution in [0.1, 0.15) is 5.89 Å². The molecule has 2 aromatic heterocycles. The minimum absolute atomic E-state index is 0.517. The van der Waals surface area contributed by atoms with Crippen LogP contribution in [0.3, 0.4) is 0 Å². The summed E-state index contributed by atoms with van der Waals surface area (Å²) in [4.78, 5) is 5.35. The lowest BCUT2D eigenvalue weighted by molar-refractivity contribution is 0.384. The maximum atomic E-state index is 5.22. The van der Waals surface area contributed by atoms with Crippen molar-refractivity contribution < 1.29 is 4.52 Å². The van der Waals surface area contributed by atoms with Crippen LogP contribution in [-0.2, 0) is 6.54 Å². The molecule has 0 fully saturated rings.